The first-order valence-corrected chi connectivity index (χ1v) is 8.20. The van der Waals surface area contributed by atoms with E-state index in [-0.39, 0.29) is 0 Å². The van der Waals surface area contributed by atoms with E-state index in [9.17, 15) is 0 Å². The molecule has 7 nitrogen and oxygen atoms in total. The van der Waals surface area contributed by atoms with E-state index in [1.165, 1.54) is 0 Å². The highest BCUT2D eigenvalue weighted by atomic mass is 35.5. The molecule has 1 aromatic carbocycles. The van der Waals surface area contributed by atoms with E-state index >= 15 is 0 Å². The van der Waals surface area contributed by atoms with Crippen molar-refractivity contribution in [3.63, 3.8) is 0 Å². The van der Waals surface area contributed by atoms with Crippen LogP contribution in [0, 0.1) is 6.92 Å². The third kappa shape index (κ3) is 2.83. The van der Waals surface area contributed by atoms with Crippen LogP contribution in [0.3, 0.4) is 0 Å². The Bertz CT molecular complexity index is 1030. The summed E-state index contributed by atoms with van der Waals surface area (Å²) in [4.78, 5) is 4.44. The molecule has 0 aliphatic rings. The van der Waals surface area contributed by atoms with Gasteiger partial charge in [0.25, 0.3) is 0 Å². The largest absolute Gasteiger partial charge is 0.371 e. The molecule has 126 valence electrons. The van der Waals surface area contributed by atoms with Gasteiger partial charge in [-0.3, -0.25) is 5.10 Å². The number of halogens is 1. The topological polar surface area (TPSA) is 84.3 Å². The second kappa shape index (κ2) is 6.18. The van der Waals surface area contributed by atoms with Crippen molar-refractivity contribution in [2.24, 2.45) is 0 Å². The number of benzene rings is 1. The molecule has 3 aromatic heterocycles. The summed E-state index contributed by atoms with van der Waals surface area (Å²) in [5.74, 6) is 2.36. The van der Waals surface area contributed by atoms with Crippen molar-refractivity contribution in [2.45, 2.75) is 13.5 Å². The van der Waals surface area contributed by atoms with Gasteiger partial charge < -0.3 is 9.88 Å². The third-order valence-corrected chi connectivity index (χ3v) is 4.35. The van der Waals surface area contributed by atoms with Crippen molar-refractivity contribution in [2.75, 3.05) is 12.4 Å². The van der Waals surface area contributed by atoms with Crippen LogP contribution in [0.4, 0.5) is 5.82 Å². The minimum atomic E-state index is 0.660. The molecule has 0 aliphatic carbocycles. The van der Waals surface area contributed by atoms with Gasteiger partial charge in [-0.25, -0.2) is 4.98 Å². The van der Waals surface area contributed by atoms with Gasteiger partial charge in [0.1, 0.15) is 5.82 Å². The van der Waals surface area contributed by atoms with E-state index in [2.05, 4.69) is 35.3 Å². The predicted octanol–water partition coefficient (Wildman–Crippen LogP) is 3.27. The Hall–Kier alpha value is -2.93. The molecule has 2 N–H and O–H groups in total. The maximum Gasteiger partial charge on any atom is 0.165 e. The average molecular weight is 354 g/mol. The van der Waals surface area contributed by atoms with Gasteiger partial charge in [-0.15, -0.1) is 10.2 Å². The van der Waals surface area contributed by atoms with Crippen molar-refractivity contribution < 1.29 is 0 Å². The molecule has 8 heteroatoms. The summed E-state index contributed by atoms with van der Waals surface area (Å²) in [6, 6.07) is 9.78. The molecule has 0 fully saturated rings. The molecule has 25 heavy (non-hydrogen) atoms. The molecule has 3 heterocycles. The third-order valence-electron chi connectivity index (χ3n) is 4.10. The number of fused-ring (bicyclic) bond motifs is 1. The molecule has 4 aromatic rings. The number of H-pyrrole nitrogens is 1. The summed E-state index contributed by atoms with van der Waals surface area (Å²) in [6.07, 6.45) is 1.78. The van der Waals surface area contributed by atoms with Crippen molar-refractivity contribution >= 4 is 28.5 Å². The van der Waals surface area contributed by atoms with Gasteiger partial charge in [0.15, 0.2) is 17.3 Å². The van der Waals surface area contributed by atoms with Crippen LogP contribution >= 0.6 is 11.6 Å². The summed E-state index contributed by atoms with van der Waals surface area (Å²) in [5.41, 5.74) is 2.75. The number of hydrogen-bond acceptors (Lipinski definition) is 5. The minimum absolute atomic E-state index is 0.660. The lowest BCUT2D eigenvalue weighted by atomic mass is 10.2. The molecule has 0 saturated carbocycles. The minimum Gasteiger partial charge on any atom is -0.371 e. The Labute approximate surface area is 149 Å². The first kappa shape index (κ1) is 15.6. The molecule has 0 amide bonds. The number of anilines is 1. The normalized spacial score (nSPS) is 11.2. The Balaban J connectivity index is 1.77. The first-order chi connectivity index (χ1) is 12.2. The number of nitrogens with one attached hydrogen (secondary N) is 2. The van der Waals surface area contributed by atoms with Crippen LogP contribution in [0.5, 0.6) is 0 Å². The monoisotopic (exact) mass is 353 g/mol. The molecule has 0 aliphatic heterocycles. The highest BCUT2D eigenvalue weighted by Gasteiger charge is 2.14. The maximum atomic E-state index is 5.97. The van der Waals surface area contributed by atoms with Crippen molar-refractivity contribution in [3.8, 4) is 11.4 Å². The van der Waals surface area contributed by atoms with Crippen LogP contribution in [0.1, 0.15) is 11.4 Å². The quantitative estimate of drug-likeness (QED) is 0.588. The second-order valence-corrected chi connectivity index (χ2v) is 6.16. The van der Waals surface area contributed by atoms with E-state index in [1.807, 2.05) is 44.3 Å². The zero-order chi connectivity index (χ0) is 17.4. The number of nitrogens with zero attached hydrogens (tertiary/aromatic N) is 5. The van der Waals surface area contributed by atoms with E-state index in [0.29, 0.717) is 6.54 Å². The molecule has 4 rings (SSSR count). The summed E-state index contributed by atoms with van der Waals surface area (Å²) < 4.78 is 2.06. The molecular weight excluding hydrogens is 338 g/mol. The summed E-state index contributed by atoms with van der Waals surface area (Å²) in [6.45, 7) is 2.60. The number of hydrogen-bond donors (Lipinski definition) is 2. The van der Waals surface area contributed by atoms with Crippen molar-refractivity contribution in [3.05, 3.63) is 52.9 Å². The number of rotatable bonds is 4. The van der Waals surface area contributed by atoms with Gasteiger partial charge in [0, 0.05) is 23.8 Å². The molecule has 0 bridgehead atoms. The lowest BCUT2D eigenvalue weighted by Crippen LogP contribution is -2.04. The highest BCUT2D eigenvalue weighted by molar-refractivity contribution is 6.30. The van der Waals surface area contributed by atoms with Gasteiger partial charge in [-0.05, 0) is 30.7 Å². The summed E-state index contributed by atoms with van der Waals surface area (Å²) in [7, 11) is 1.83. The fourth-order valence-corrected chi connectivity index (χ4v) is 2.90. The first-order valence-electron chi connectivity index (χ1n) is 7.82. The van der Waals surface area contributed by atoms with Crippen LogP contribution < -0.4 is 5.32 Å². The summed E-state index contributed by atoms with van der Waals surface area (Å²) in [5, 5.41) is 20.4. The molecule has 0 unspecified atom stereocenters. The Kier molecular flexibility index (Phi) is 3.85. The standard InChI is InChI=1S/C17H16ClN7/c1-10-21-24-17(25(10)9-11-3-5-13(18)6-4-11)12-7-14-15(19-2)22-23-16(14)20-8-12/h3-8H,9H2,1-2H3,(H2,19,20,22,23). The SMILES string of the molecule is CNc1n[nH]c2ncc(-c3nnc(C)n3Cc3ccc(Cl)cc3)cc12. The molecular formula is C17H16ClN7. The van der Waals surface area contributed by atoms with Crippen LogP contribution in [-0.2, 0) is 6.54 Å². The van der Waals surface area contributed by atoms with Crippen molar-refractivity contribution in [1.29, 1.82) is 0 Å². The van der Waals surface area contributed by atoms with Crippen LogP contribution in [0.25, 0.3) is 22.4 Å². The van der Waals surface area contributed by atoms with Crippen LogP contribution in [0.2, 0.25) is 5.02 Å². The van der Waals surface area contributed by atoms with Gasteiger partial charge in [-0.1, -0.05) is 23.7 Å². The van der Waals surface area contributed by atoms with Crippen LogP contribution in [-0.4, -0.2) is 37.0 Å². The van der Waals surface area contributed by atoms with E-state index in [1.54, 1.807) is 6.20 Å². The van der Waals surface area contributed by atoms with E-state index < -0.39 is 0 Å². The second-order valence-electron chi connectivity index (χ2n) is 5.73. The molecule has 0 spiro atoms. The Morgan fingerprint density at radius 1 is 1.20 bits per heavy atom. The fourth-order valence-electron chi connectivity index (χ4n) is 2.77. The number of aromatic amines is 1. The Morgan fingerprint density at radius 3 is 2.76 bits per heavy atom. The van der Waals surface area contributed by atoms with Gasteiger partial charge in [0.05, 0.1) is 11.9 Å². The predicted molar refractivity (Wildman–Crippen MR) is 97.7 cm³/mol. The van der Waals surface area contributed by atoms with Crippen molar-refractivity contribution in [1.82, 2.24) is 29.9 Å². The van der Waals surface area contributed by atoms with E-state index in [4.69, 9.17) is 11.6 Å². The molecule has 0 radical (unpaired) electrons. The zero-order valence-corrected chi connectivity index (χ0v) is 14.5. The zero-order valence-electron chi connectivity index (χ0n) is 13.8. The average Bonchev–Trinajstić information content (AvgIpc) is 3.20. The Morgan fingerprint density at radius 2 is 2.00 bits per heavy atom. The number of pyridine rings is 1. The smallest absolute Gasteiger partial charge is 0.165 e. The summed E-state index contributed by atoms with van der Waals surface area (Å²) >= 11 is 5.97. The highest BCUT2D eigenvalue weighted by Crippen LogP contribution is 2.25. The fraction of sp³-hybridized carbons (Fsp3) is 0.176. The van der Waals surface area contributed by atoms with Gasteiger partial charge >= 0.3 is 0 Å². The van der Waals surface area contributed by atoms with Gasteiger partial charge in [0.2, 0.25) is 0 Å². The number of aromatic nitrogens is 6. The number of aryl methyl sites for hydroxylation is 1. The molecule has 0 saturated heterocycles. The van der Waals surface area contributed by atoms with Crippen LogP contribution in [0.15, 0.2) is 36.5 Å². The van der Waals surface area contributed by atoms with Gasteiger partial charge in [-0.2, -0.15) is 5.10 Å². The van der Waals surface area contributed by atoms with E-state index in [0.717, 1.165) is 44.6 Å². The maximum absolute atomic E-state index is 5.97. The lowest BCUT2D eigenvalue weighted by molar-refractivity contribution is 0.768. The lowest BCUT2D eigenvalue weighted by Gasteiger charge is -2.09. The molecule has 0 atom stereocenters.